The number of amides is 1. The van der Waals surface area contributed by atoms with Gasteiger partial charge in [-0.2, -0.15) is 0 Å². The number of esters is 1. The molecule has 2 heterocycles. The molecule has 3 aromatic rings. The molecular weight excluding hydrogens is 464 g/mol. The molecule has 7 nitrogen and oxygen atoms in total. The number of benzene rings is 2. The quantitative estimate of drug-likeness (QED) is 0.458. The summed E-state index contributed by atoms with van der Waals surface area (Å²) in [6.45, 7) is 5.21. The fourth-order valence-electron chi connectivity index (χ4n) is 4.72. The lowest BCUT2D eigenvalue weighted by atomic mass is 9.98. The number of fused-ring (bicyclic) bond motifs is 1. The first-order valence-electron chi connectivity index (χ1n) is 11.8. The van der Waals surface area contributed by atoms with Crippen LogP contribution in [-0.2, 0) is 19.4 Å². The van der Waals surface area contributed by atoms with Crippen molar-refractivity contribution < 1.29 is 22.7 Å². The minimum atomic E-state index is -3.16. The lowest BCUT2D eigenvalue weighted by molar-refractivity contribution is -0.138. The molecule has 35 heavy (non-hydrogen) atoms. The predicted octanol–water partition coefficient (Wildman–Crippen LogP) is 4.18. The van der Waals surface area contributed by atoms with Gasteiger partial charge in [-0.3, -0.25) is 4.79 Å². The van der Waals surface area contributed by atoms with Gasteiger partial charge in [0, 0.05) is 23.0 Å². The molecule has 0 N–H and O–H groups in total. The highest BCUT2D eigenvalue weighted by Crippen LogP contribution is 2.30. The summed E-state index contributed by atoms with van der Waals surface area (Å²) in [5, 5.41) is 0.655. The van der Waals surface area contributed by atoms with Crippen LogP contribution in [0.1, 0.15) is 42.6 Å². The van der Waals surface area contributed by atoms with Gasteiger partial charge in [-0.1, -0.05) is 55.5 Å². The first-order chi connectivity index (χ1) is 16.7. The summed E-state index contributed by atoms with van der Waals surface area (Å²) in [5.74, 6) is -0.961. The molecule has 0 saturated carbocycles. The Kier molecular flexibility index (Phi) is 7.21. The topological polar surface area (TPSA) is 93.6 Å². The Morgan fingerprint density at radius 3 is 2.46 bits per heavy atom. The molecular formula is C27H30N2O5S. The summed E-state index contributed by atoms with van der Waals surface area (Å²) in [6, 6.07) is 16.4. The van der Waals surface area contributed by atoms with E-state index in [1.54, 1.807) is 4.90 Å². The van der Waals surface area contributed by atoms with Crippen molar-refractivity contribution in [2.24, 2.45) is 0 Å². The van der Waals surface area contributed by atoms with Crippen LogP contribution >= 0.6 is 0 Å². The largest absolute Gasteiger partial charge is 0.452 e. The van der Waals surface area contributed by atoms with Crippen LogP contribution < -0.4 is 0 Å². The number of para-hydroxylation sites is 1. The fraction of sp³-hybridized carbons (Fsp3) is 0.370. The fourth-order valence-corrected chi connectivity index (χ4v) is 6.43. The molecule has 8 heteroatoms. The van der Waals surface area contributed by atoms with Gasteiger partial charge in [0.15, 0.2) is 16.4 Å². The Morgan fingerprint density at radius 2 is 1.80 bits per heavy atom. The summed E-state index contributed by atoms with van der Waals surface area (Å²) in [5.41, 5.74) is 3.27. The Hall–Kier alpha value is -3.26. The maximum absolute atomic E-state index is 13.3. The molecule has 0 aliphatic carbocycles. The third-order valence-electron chi connectivity index (χ3n) is 6.67. The molecule has 1 aromatic heterocycles. The minimum Gasteiger partial charge on any atom is -0.452 e. The standard InChI is InChI=1S/C27H30N2O5S/c1-4-18(2)29(21-14-15-35(32,33)17-21)24(30)16-34-27(31)25-19(3)26(20-10-6-5-7-11-20)28-23-13-9-8-12-22(23)25/h5-13,18,21H,4,14-17H2,1-3H3/t18-,21-/m1/s1. The van der Waals surface area contributed by atoms with Crippen LogP contribution in [0.25, 0.3) is 22.2 Å². The second-order valence-electron chi connectivity index (χ2n) is 9.03. The van der Waals surface area contributed by atoms with Crippen molar-refractivity contribution in [3.8, 4) is 11.3 Å². The zero-order chi connectivity index (χ0) is 25.2. The number of rotatable bonds is 7. The van der Waals surface area contributed by atoms with Gasteiger partial charge in [0.25, 0.3) is 5.91 Å². The smallest absolute Gasteiger partial charge is 0.339 e. The predicted molar refractivity (Wildman–Crippen MR) is 136 cm³/mol. The van der Waals surface area contributed by atoms with Crippen LogP contribution in [-0.4, -0.2) is 60.4 Å². The van der Waals surface area contributed by atoms with E-state index < -0.39 is 28.5 Å². The van der Waals surface area contributed by atoms with Crippen LogP contribution in [0.3, 0.4) is 0 Å². The van der Waals surface area contributed by atoms with E-state index in [0.29, 0.717) is 40.6 Å². The highest BCUT2D eigenvalue weighted by Gasteiger charge is 2.37. The zero-order valence-electron chi connectivity index (χ0n) is 20.2. The van der Waals surface area contributed by atoms with Gasteiger partial charge in [-0.25, -0.2) is 18.2 Å². The summed E-state index contributed by atoms with van der Waals surface area (Å²) >= 11 is 0. The highest BCUT2D eigenvalue weighted by atomic mass is 32.2. The summed E-state index contributed by atoms with van der Waals surface area (Å²) in [7, 11) is -3.16. The lowest BCUT2D eigenvalue weighted by Crippen LogP contribution is -2.48. The van der Waals surface area contributed by atoms with E-state index in [4.69, 9.17) is 9.72 Å². The molecule has 1 saturated heterocycles. The van der Waals surface area contributed by atoms with Gasteiger partial charge in [-0.05, 0) is 38.3 Å². The molecule has 1 aliphatic rings. The summed E-state index contributed by atoms with van der Waals surface area (Å²) in [6.07, 6.45) is 1.08. The Morgan fingerprint density at radius 1 is 1.11 bits per heavy atom. The average Bonchev–Trinajstić information content (AvgIpc) is 3.21. The van der Waals surface area contributed by atoms with Crippen molar-refractivity contribution in [2.75, 3.05) is 18.1 Å². The molecule has 0 radical (unpaired) electrons. The third-order valence-corrected chi connectivity index (χ3v) is 8.42. The van der Waals surface area contributed by atoms with Crippen molar-refractivity contribution >= 4 is 32.6 Å². The number of carbonyl (C=O) groups is 2. The van der Waals surface area contributed by atoms with E-state index in [0.717, 1.165) is 5.56 Å². The van der Waals surface area contributed by atoms with Crippen molar-refractivity contribution in [3.05, 3.63) is 65.7 Å². The first kappa shape index (κ1) is 24.9. The van der Waals surface area contributed by atoms with Crippen molar-refractivity contribution in [1.82, 2.24) is 9.88 Å². The van der Waals surface area contributed by atoms with Crippen molar-refractivity contribution in [3.63, 3.8) is 0 Å². The molecule has 0 bridgehead atoms. The van der Waals surface area contributed by atoms with Crippen LogP contribution in [0.4, 0.5) is 0 Å². The molecule has 2 atom stereocenters. The number of sulfone groups is 1. The van der Waals surface area contributed by atoms with Gasteiger partial charge < -0.3 is 9.64 Å². The number of hydrogen-bond acceptors (Lipinski definition) is 6. The summed E-state index contributed by atoms with van der Waals surface area (Å²) in [4.78, 5) is 32.9. The van der Waals surface area contributed by atoms with E-state index in [2.05, 4.69) is 0 Å². The second kappa shape index (κ2) is 10.2. The zero-order valence-corrected chi connectivity index (χ0v) is 21.0. The van der Waals surface area contributed by atoms with Gasteiger partial charge in [0.1, 0.15) is 0 Å². The molecule has 0 unspecified atom stereocenters. The van der Waals surface area contributed by atoms with Gasteiger partial charge in [0.2, 0.25) is 0 Å². The monoisotopic (exact) mass is 494 g/mol. The number of nitrogens with zero attached hydrogens (tertiary/aromatic N) is 2. The maximum atomic E-state index is 13.3. The van der Waals surface area contributed by atoms with E-state index in [1.807, 2.05) is 75.4 Å². The van der Waals surface area contributed by atoms with Gasteiger partial charge in [-0.15, -0.1) is 0 Å². The van der Waals surface area contributed by atoms with Crippen molar-refractivity contribution in [2.45, 2.75) is 45.7 Å². The van der Waals surface area contributed by atoms with E-state index >= 15 is 0 Å². The van der Waals surface area contributed by atoms with E-state index in [9.17, 15) is 18.0 Å². The first-order valence-corrected chi connectivity index (χ1v) is 13.7. The SMILES string of the molecule is CC[C@@H](C)N(C(=O)COC(=O)c1c(C)c(-c2ccccc2)nc2ccccc12)[C@@H]1CCS(=O)(=O)C1. The highest BCUT2D eigenvalue weighted by molar-refractivity contribution is 7.91. The number of pyridine rings is 1. The van der Waals surface area contributed by atoms with E-state index in [-0.39, 0.29) is 23.5 Å². The molecule has 1 fully saturated rings. The molecule has 0 spiro atoms. The Labute approximate surface area is 206 Å². The lowest BCUT2D eigenvalue weighted by Gasteiger charge is -2.33. The molecule has 4 rings (SSSR count). The van der Waals surface area contributed by atoms with E-state index in [1.165, 1.54) is 0 Å². The summed E-state index contributed by atoms with van der Waals surface area (Å²) < 4.78 is 29.6. The minimum absolute atomic E-state index is 0.0500. The number of aromatic nitrogens is 1. The van der Waals surface area contributed by atoms with Crippen LogP contribution in [0, 0.1) is 6.92 Å². The number of hydrogen-bond donors (Lipinski definition) is 0. The molecule has 1 amide bonds. The molecule has 1 aliphatic heterocycles. The van der Waals surface area contributed by atoms with Crippen LogP contribution in [0.5, 0.6) is 0 Å². The Balaban J connectivity index is 1.62. The van der Waals surface area contributed by atoms with Crippen LogP contribution in [0.2, 0.25) is 0 Å². The molecule has 2 aromatic carbocycles. The average molecular weight is 495 g/mol. The number of carbonyl (C=O) groups excluding carboxylic acids is 2. The van der Waals surface area contributed by atoms with Gasteiger partial charge >= 0.3 is 5.97 Å². The second-order valence-corrected chi connectivity index (χ2v) is 11.3. The van der Waals surface area contributed by atoms with Gasteiger partial charge in [0.05, 0.1) is 28.3 Å². The normalized spacial score (nSPS) is 17.7. The number of ether oxygens (including phenoxy) is 1. The maximum Gasteiger partial charge on any atom is 0.339 e. The van der Waals surface area contributed by atoms with Crippen LogP contribution in [0.15, 0.2) is 54.6 Å². The van der Waals surface area contributed by atoms with Crippen molar-refractivity contribution in [1.29, 1.82) is 0 Å². The Bertz CT molecular complexity index is 1350. The third kappa shape index (κ3) is 5.22. The molecule has 184 valence electrons.